The summed E-state index contributed by atoms with van der Waals surface area (Å²) in [6.45, 7) is 8.39. The zero-order chi connectivity index (χ0) is 13.2. The van der Waals surface area contributed by atoms with E-state index in [2.05, 4.69) is 34.4 Å². The van der Waals surface area contributed by atoms with E-state index in [4.69, 9.17) is 5.73 Å². The Morgan fingerprint density at radius 2 is 1.89 bits per heavy atom. The lowest BCUT2D eigenvalue weighted by molar-refractivity contribution is 0.380. The summed E-state index contributed by atoms with van der Waals surface area (Å²) < 4.78 is 0. The van der Waals surface area contributed by atoms with E-state index in [1.165, 1.54) is 12.8 Å². The predicted molar refractivity (Wildman–Crippen MR) is 75.6 cm³/mol. The van der Waals surface area contributed by atoms with Crippen molar-refractivity contribution in [3.63, 3.8) is 0 Å². The Bertz CT molecular complexity index is 412. The van der Waals surface area contributed by atoms with E-state index in [0.717, 1.165) is 24.7 Å². The van der Waals surface area contributed by atoms with Gasteiger partial charge in [0.05, 0.1) is 0 Å². The van der Waals surface area contributed by atoms with Gasteiger partial charge in [0.2, 0.25) is 5.95 Å². The molecule has 2 rings (SSSR count). The van der Waals surface area contributed by atoms with Crippen LogP contribution in [0.2, 0.25) is 0 Å². The summed E-state index contributed by atoms with van der Waals surface area (Å²) in [6.07, 6.45) is 2.61. The Labute approximate surface area is 109 Å². The molecule has 4 N–H and O–H groups in total. The fourth-order valence-electron chi connectivity index (χ4n) is 2.21. The van der Waals surface area contributed by atoms with Crippen molar-refractivity contribution in [3.8, 4) is 0 Å². The number of hydrogen-bond acceptors (Lipinski definition) is 5. The molecule has 0 bridgehead atoms. The molecule has 5 heteroatoms. The summed E-state index contributed by atoms with van der Waals surface area (Å²) in [5, 5.41) is 6.55. The molecule has 0 amide bonds. The monoisotopic (exact) mass is 249 g/mol. The van der Waals surface area contributed by atoms with Crippen LogP contribution in [0.3, 0.4) is 0 Å². The van der Waals surface area contributed by atoms with Crippen LogP contribution < -0.4 is 16.4 Å². The van der Waals surface area contributed by atoms with Crippen LogP contribution in [0.5, 0.6) is 0 Å². The minimum absolute atomic E-state index is 0.311. The third-order valence-corrected chi connectivity index (χ3v) is 3.84. The van der Waals surface area contributed by atoms with Gasteiger partial charge in [0.1, 0.15) is 11.6 Å². The van der Waals surface area contributed by atoms with E-state index in [1.807, 2.05) is 13.0 Å². The highest BCUT2D eigenvalue weighted by Gasteiger charge is 2.44. The van der Waals surface area contributed by atoms with Gasteiger partial charge in [-0.05, 0) is 31.1 Å². The molecule has 100 valence electrons. The van der Waals surface area contributed by atoms with E-state index in [1.54, 1.807) is 0 Å². The van der Waals surface area contributed by atoms with Gasteiger partial charge in [-0.2, -0.15) is 9.97 Å². The van der Waals surface area contributed by atoms with Crippen molar-refractivity contribution in [2.45, 2.75) is 33.6 Å². The average molecular weight is 249 g/mol. The normalized spacial score (nSPS) is 16.7. The predicted octanol–water partition coefficient (Wildman–Crippen LogP) is 2.34. The number of anilines is 3. The lowest BCUT2D eigenvalue weighted by Crippen LogP contribution is -2.21. The molecule has 0 unspecified atom stereocenters. The molecule has 5 nitrogen and oxygen atoms in total. The second-order valence-corrected chi connectivity index (χ2v) is 5.40. The first-order valence-corrected chi connectivity index (χ1v) is 6.68. The first-order chi connectivity index (χ1) is 8.55. The summed E-state index contributed by atoms with van der Waals surface area (Å²) in [5.74, 6) is 2.61. The van der Waals surface area contributed by atoms with Crippen LogP contribution in [0.15, 0.2) is 6.07 Å². The summed E-state index contributed by atoms with van der Waals surface area (Å²) in [7, 11) is 0. The number of nitrogen functional groups attached to an aromatic ring is 1. The molecule has 0 aliphatic heterocycles. The lowest BCUT2D eigenvalue weighted by Gasteiger charge is -2.20. The maximum atomic E-state index is 5.70. The first-order valence-electron chi connectivity index (χ1n) is 6.68. The molecule has 0 aromatic carbocycles. The molecule has 18 heavy (non-hydrogen) atoms. The van der Waals surface area contributed by atoms with E-state index < -0.39 is 0 Å². The Hall–Kier alpha value is -1.52. The second-order valence-electron chi connectivity index (χ2n) is 5.40. The van der Waals surface area contributed by atoms with Crippen molar-refractivity contribution in [2.75, 3.05) is 29.5 Å². The minimum Gasteiger partial charge on any atom is -0.370 e. The molecule has 0 radical (unpaired) electrons. The summed E-state index contributed by atoms with van der Waals surface area (Å²) in [4.78, 5) is 8.36. The topological polar surface area (TPSA) is 75.9 Å². The Kier molecular flexibility index (Phi) is 3.59. The van der Waals surface area contributed by atoms with Gasteiger partial charge in [-0.25, -0.2) is 0 Å². The zero-order valence-corrected chi connectivity index (χ0v) is 11.5. The number of nitrogens with two attached hydrogens (primary N) is 1. The van der Waals surface area contributed by atoms with Crippen molar-refractivity contribution in [1.29, 1.82) is 0 Å². The van der Waals surface area contributed by atoms with Crippen molar-refractivity contribution >= 4 is 17.6 Å². The maximum absolute atomic E-state index is 5.70. The van der Waals surface area contributed by atoms with Crippen LogP contribution in [0.1, 0.15) is 33.6 Å². The SMILES string of the molecule is CCNc1cc(NCC2(C(C)C)CC2)nc(N)n1. The Balaban J connectivity index is 2.01. The quantitative estimate of drug-likeness (QED) is 0.721. The van der Waals surface area contributed by atoms with Gasteiger partial charge in [0.25, 0.3) is 0 Å². The lowest BCUT2D eigenvalue weighted by atomic mass is 9.92. The van der Waals surface area contributed by atoms with Gasteiger partial charge >= 0.3 is 0 Å². The molecule has 1 aliphatic rings. The van der Waals surface area contributed by atoms with Gasteiger partial charge in [0, 0.05) is 19.2 Å². The van der Waals surface area contributed by atoms with Crippen LogP contribution in [-0.4, -0.2) is 23.1 Å². The number of nitrogens with zero attached hydrogens (tertiary/aromatic N) is 2. The van der Waals surface area contributed by atoms with Crippen LogP contribution in [0, 0.1) is 11.3 Å². The molecule has 1 aromatic rings. The highest BCUT2D eigenvalue weighted by molar-refractivity contribution is 5.51. The average Bonchev–Trinajstić information content (AvgIpc) is 3.07. The molecule has 0 saturated heterocycles. The van der Waals surface area contributed by atoms with Gasteiger partial charge in [-0.1, -0.05) is 13.8 Å². The molecule has 0 spiro atoms. The van der Waals surface area contributed by atoms with Crippen molar-refractivity contribution in [3.05, 3.63) is 6.07 Å². The molecule has 1 aliphatic carbocycles. The van der Waals surface area contributed by atoms with E-state index in [0.29, 0.717) is 17.3 Å². The molecule has 1 aromatic heterocycles. The maximum Gasteiger partial charge on any atom is 0.223 e. The number of rotatable bonds is 6. The highest BCUT2D eigenvalue weighted by atomic mass is 15.1. The van der Waals surface area contributed by atoms with Crippen LogP contribution in [-0.2, 0) is 0 Å². The van der Waals surface area contributed by atoms with E-state index in [-0.39, 0.29) is 0 Å². The fraction of sp³-hybridized carbons (Fsp3) is 0.692. The zero-order valence-electron chi connectivity index (χ0n) is 11.5. The summed E-state index contributed by atoms with van der Waals surface area (Å²) in [6, 6.07) is 1.91. The molecular formula is C13H23N5. The highest BCUT2D eigenvalue weighted by Crippen LogP contribution is 2.51. The summed E-state index contributed by atoms with van der Waals surface area (Å²) in [5.41, 5.74) is 6.16. The molecule has 1 heterocycles. The van der Waals surface area contributed by atoms with Crippen molar-refractivity contribution in [2.24, 2.45) is 11.3 Å². The van der Waals surface area contributed by atoms with Crippen LogP contribution in [0.25, 0.3) is 0 Å². The number of nitrogens with one attached hydrogen (secondary N) is 2. The minimum atomic E-state index is 0.311. The molecule has 0 atom stereocenters. The largest absolute Gasteiger partial charge is 0.370 e. The van der Waals surface area contributed by atoms with E-state index in [9.17, 15) is 0 Å². The van der Waals surface area contributed by atoms with Gasteiger partial charge < -0.3 is 16.4 Å². The number of aromatic nitrogens is 2. The van der Waals surface area contributed by atoms with Crippen LogP contribution in [0.4, 0.5) is 17.6 Å². The second kappa shape index (κ2) is 5.00. The van der Waals surface area contributed by atoms with Crippen molar-refractivity contribution in [1.82, 2.24) is 9.97 Å². The summed E-state index contributed by atoms with van der Waals surface area (Å²) >= 11 is 0. The molecular weight excluding hydrogens is 226 g/mol. The number of hydrogen-bond donors (Lipinski definition) is 3. The molecule has 1 fully saturated rings. The Morgan fingerprint density at radius 1 is 1.28 bits per heavy atom. The third-order valence-electron chi connectivity index (χ3n) is 3.84. The van der Waals surface area contributed by atoms with Gasteiger partial charge in [-0.3, -0.25) is 0 Å². The smallest absolute Gasteiger partial charge is 0.223 e. The standard InChI is InChI=1S/C13H23N5/c1-4-15-10-7-11(18-12(14)17-10)16-8-13(5-6-13)9(2)3/h7,9H,4-6,8H2,1-3H3,(H4,14,15,16,17,18). The third kappa shape index (κ3) is 2.83. The van der Waals surface area contributed by atoms with Gasteiger partial charge in [-0.15, -0.1) is 0 Å². The van der Waals surface area contributed by atoms with E-state index >= 15 is 0 Å². The first kappa shape index (κ1) is 12.9. The Morgan fingerprint density at radius 3 is 2.39 bits per heavy atom. The van der Waals surface area contributed by atoms with Crippen LogP contribution >= 0.6 is 0 Å². The fourth-order valence-corrected chi connectivity index (χ4v) is 2.21. The van der Waals surface area contributed by atoms with Crippen molar-refractivity contribution < 1.29 is 0 Å². The molecule has 1 saturated carbocycles. The van der Waals surface area contributed by atoms with Gasteiger partial charge in [0.15, 0.2) is 0 Å².